The van der Waals surface area contributed by atoms with Crippen molar-refractivity contribution in [2.75, 3.05) is 5.43 Å². The molecule has 0 atom stereocenters. The van der Waals surface area contributed by atoms with Crippen molar-refractivity contribution in [2.24, 2.45) is 5.84 Å². The highest BCUT2D eigenvalue weighted by atomic mass is 15.2. The van der Waals surface area contributed by atoms with Gasteiger partial charge < -0.3 is 5.43 Å². The summed E-state index contributed by atoms with van der Waals surface area (Å²) in [6.07, 6.45) is 18.2. The first-order valence-electron chi connectivity index (χ1n) is 9.42. The average molecular weight is 305 g/mol. The molecular weight excluding hydrogens is 268 g/mol. The molecule has 0 aliphatic heterocycles. The van der Waals surface area contributed by atoms with E-state index in [1.807, 2.05) is 0 Å². The number of rotatable bonds is 14. The van der Waals surface area contributed by atoms with E-state index in [0.717, 1.165) is 5.69 Å². The van der Waals surface area contributed by atoms with E-state index in [9.17, 15) is 0 Å². The van der Waals surface area contributed by atoms with Gasteiger partial charge in [0, 0.05) is 5.69 Å². The van der Waals surface area contributed by atoms with Crippen LogP contribution < -0.4 is 11.3 Å². The van der Waals surface area contributed by atoms with Crippen LogP contribution in [0.1, 0.15) is 89.5 Å². The first-order valence-corrected chi connectivity index (χ1v) is 9.42. The highest BCUT2D eigenvalue weighted by molar-refractivity contribution is 5.43. The van der Waals surface area contributed by atoms with Crippen molar-refractivity contribution >= 4 is 5.69 Å². The Bertz CT molecular complexity index is 345. The van der Waals surface area contributed by atoms with Gasteiger partial charge in [-0.2, -0.15) is 0 Å². The first kappa shape index (κ1) is 19.0. The average Bonchev–Trinajstić information content (AvgIpc) is 2.56. The fraction of sp³-hybridized carbons (Fsp3) is 0.700. The van der Waals surface area contributed by atoms with Gasteiger partial charge in [-0.25, -0.2) is 0 Å². The van der Waals surface area contributed by atoms with Crippen molar-refractivity contribution in [2.45, 2.75) is 90.4 Å². The van der Waals surface area contributed by atoms with Gasteiger partial charge in [-0.15, -0.1) is 0 Å². The summed E-state index contributed by atoms with van der Waals surface area (Å²) in [7, 11) is 0. The third kappa shape index (κ3) is 9.83. The van der Waals surface area contributed by atoms with Crippen LogP contribution in [0.25, 0.3) is 0 Å². The molecule has 0 bridgehead atoms. The maximum absolute atomic E-state index is 5.37. The van der Waals surface area contributed by atoms with Crippen molar-refractivity contribution < 1.29 is 0 Å². The zero-order valence-corrected chi connectivity index (χ0v) is 14.6. The first-order chi connectivity index (χ1) is 10.9. The van der Waals surface area contributed by atoms with E-state index in [1.54, 1.807) is 0 Å². The van der Waals surface area contributed by atoms with E-state index in [0.29, 0.717) is 0 Å². The molecule has 0 saturated carbocycles. The van der Waals surface area contributed by atoms with E-state index >= 15 is 0 Å². The topological polar surface area (TPSA) is 38.0 Å². The van der Waals surface area contributed by atoms with E-state index < -0.39 is 0 Å². The number of nitrogen functional groups attached to an aromatic ring is 1. The highest BCUT2D eigenvalue weighted by Gasteiger charge is 1.96. The summed E-state index contributed by atoms with van der Waals surface area (Å²) in [5, 5.41) is 0. The zero-order valence-electron chi connectivity index (χ0n) is 14.6. The van der Waals surface area contributed by atoms with Gasteiger partial charge in [0.15, 0.2) is 0 Å². The standard InChI is InChI=1S/C20H36N2/c1-2-3-4-5-6-7-8-9-10-11-12-13-14-19-15-17-20(22-21)18-16-19/h15-18,22H,2-14,21H2,1H3. The molecule has 0 fully saturated rings. The van der Waals surface area contributed by atoms with Crippen molar-refractivity contribution in [3.8, 4) is 0 Å². The number of nitrogens with one attached hydrogen (secondary N) is 1. The molecule has 0 heterocycles. The molecule has 1 aromatic carbocycles. The molecule has 2 nitrogen and oxygen atoms in total. The predicted octanol–water partition coefficient (Wildman–Crippen LogP) is 6.22. The zero-order chi connectivity index (χ0) is 15.9. The van der Waals surface area contributed by atoms with Crippen molar-refractivity contribution in [1.82, 2.24) is 0 Å². The molecule has 1 aromatic rings. The molecule has 0 amide bonds. The number of unbranched alkanes of at least 4 members (excludes halogenated alkanes) is 11. The Morgan fingerprint density at radius 2 is 1.14 bits per heavy atom. The summed E-state index contributed by atoms with van der Waals surface area (Å²) in [6.45, 7) is 2.28. The second kappa shape index (κ2) is 13.6. The lowest BCUT2D eigenvalue weighted by atomic mass is 10.0. The lowest BCUT2D eigenvalue weighted by Crippen LogP contribution is -2.06. The van der Waals surface area contributed by atoms with E-state index in [-0.39, 0.29) is 0 Å². The summed E-state index contributed by atoms with van der Waals surface area (Å²) in [5.41, 5.74) is 5.08. The Balaban J connectivity index is 1.85. The van der Waals surface area contributed by atoms with Gasteiger partial charge in [0.25, 0.3) is 0 Å². The normalized spacial score (nSPS) is 10.8. The number of hydrazine groups is 1. The molecule has 1 rings (SSSR count). The summed E-state index contributed by atoms with van der Waals surface area (Å²) < 4.78 is 0. The van der Waals surface area contributed by atoms with E-state index in [1.165, 1.54) is 89.0 Å². The molecule has 0 unspecified atom stereocenters. The number of hydrogen-bond acceptors (Lipinski definition) is 2. The molecule has 0 spiro atoms. The van der Waals surface area contributed by atoms with Gasteiger partial charge >= 0.3 is 0 Å². The predicted molar refractivity (Wildman–Crippen MR) is 99.0 cm³/mol. The fourth-order valence-electron chi connectivity index (χ4n) is 2.94. The summed E-state index contributed by atoms with van der Waals surface area (Å²) in [6, 6.07) is 8.45. The molecule has 126 valence electrons. The summed E-state index contributed by atoms with van der Waals surface area (Å²) in [5.74, 6) is 5.37. The van der Waals surface area contributed by atoms with Crippen molar-refractivity contribution in [3.63, 3.8) is 0 Å². The Kier molecular flexibility index (Phi) is 11.8. The fourth-order valence-corrected chi connectivity index (χ4v) is 2.94. The molecule has 2 heteroatoms. The molecule has 0 saturated heterocycles. The molecule has 0 radical (unpaired) electrons. The summed E-state index contributed by atoms with van der Waals surface area (Å²) in [4.78, 5) is 0. The lowest BCUT2D eigenvalue weighted by molar-refractivity contribution is 0.544. The third-order valence-corrected chi connectivity index (χ3v) is 4.44. The van der Waals surface area contributed by atoms with Gasteiger partial charge in [-0.1, -0.05) is 89.7 Å². The number of hydrogen-bond donors (Lipinski definition) is 2. The molecule has 22 heavy (non-hydrogen) atoms. The van der Waals surface area contributed by atoms with Crippen LogP contribution in [0.2, 0.25) is 0 Å². The Labute approximate surface area is 137 Å². The number of anilines is 1. The monoisotopic (exact) mass is 304 g/mol. The van der Waals surface area contributed by atoms with Crippen LogP contribution in [0.15, 0.2) is 24.3 Å². The van der Waals surface area contributed by atoms with Gasteiger partial charge in [-0.05, 0) is 30.5 Å². The van der Waals surface area contributed by atoms with Gasteiger partial charge in [0.2, 0.25) is 0 Å². The van der Waals surface area contributed by atoms with Crippen molar-refractivity contribution in [3.05, 3.63) is 29.8 Å². The second-order valence-corrected chi connectivity index (χ2v) is 6.48. The van der Waals surface area contributed by atoms with Crippen LogP contribution in [-0.2, 0) is 6.42 Å². The maximum Gasteiger partial charge on any atom is 0.0485 e. The van der Waals surface area contributed by atoms with Gasteiger partial charge in [-0.3, -0.25) is 5.84 Å². The second-order valence-electron chi connectivity index (χ2n) is 6.48. The van der Waals surface area contributed by atoms with Crippen molar-refractivity contribution in [1.29, 1.82) is 0 Å². The minimum Gasteiger partial charge on any atom is -0.324 e. The van der Waals surface area contributed by atoms with Gasteiger partial charge in [0.05, 0.1) is 0 Å². The van der Waals surface area contributed by atoms with E-state index in [4.69, 9.17) is 5.84 Å². The SMILES string of the molecule is CCCCCCCCCCCCCCc1ccc(NN)cc1. The minimum absolute atomic E-state index is 0.985. The lowest BCUT2D eigenvalue weighted by Gasteiger charge is -2.04. The minimum atomic E-state index is 0.985. The molecule has 0 aliphatic rings. The third-order valence-electron chi connectivity index (χ3n) is 4.44. The number of nitrogens with two attached hydrogens (primary N) is 1. The smallest absolute Gasteiger partial charge is 0.0485 e. The van der Waals surface area contributed by atoms with Crippen LogP contribution in [-0.4, -0.2) is 0 Å². The number of aryl methyl sites for hydroxylation is 1. The van der Waals surface area contributed by atoms with Crippen LogP contribution in [0.4, 0.5) is 5.69 Å². The van der Waals surface area contributed by atoms with Crippen LogP contribution >= 0.6 is 0 Å². The Hall–Kier alpha value is -1.02. The molecule has 0 aromatic heterocycles. The highest BCUT2D eigenvalue weighted by Crippen LogP contribution is 2.14. The van der Waals surface area contributed by atoms with E-state index in [2.05, 4.69) is 36.6 Å². The molecular formula is C20H36N2. The maximum atomic E-state index is 5.37. The largest absolute Gasteiger partial charge is 0.324 e. The number of benzene rings is 1. The summed E-state index contributed by atoms with van der Waals surface area (Å²) >= 11 is 0. The van der Waals surface area contributed by atoms with Crippen LogP contribution in [0, 0.1) is 0 Å². The Morgan fingerprint density at radius 3 is 1.59 bits per heavy atom. The van der Waals surface area contributed by atoms with Crippen LogP contribution in [0.3, 0.4) is 0 Å². The molecule has 0 aliphatic carbocycles. The quantitative estimate of drug-likeness (QED) is 0.243. The molecule has 3 N–H and O–H groups in total. The Morgan fingerprint density at radius 1 is 0.682 bits per heavy atom. The van der Waals surface area contributed by atoms with Crippen LogP contribution in [0.5, 0.6) is 0 Å². The van der Waals surface area contributed by atoms with Gasteiger partial charge in [0.1, 0.15) is 0 Å².